The number of likely N-dealkylation sites (tertiary alicyclic amines) is 1. The van der Waals surface area contributed by atoms with Gasteiger partial charge in [-0.15, -0.1) is 0 Å². The van der Waals surface area contributed by atoms with Crippen LogP contribution in [0.15, 0.2) is 121 Å². The van der Waals surface area contributed by atoms with Crippen molar-refractivity contribution in [3.8, 4) is 0 Å². The Morgan fingerprint density at radius 3 is 1.23 bits per heavy atom. The maximum Gasteiger partial charge on any atom is 0.0972 e. The van der Waals surface area contributed by atoms with E-state index in [2.05, 4.69) is 126 Å². The topological polar surface area (TPSA) is 3.24 Å². The number of piperidine rings is 1. The van der Waals surface area contributed by atoms with Crippen molar-refractivity contribution in [3.63, 3.8) is 0 Å². The molecule has 1 heteroatoms. The number of rotatable bonds is 5. The van der Waals surface area contributed by atoms with Gasteiger partial charge in [0.25, 0.3) is 0 Å². The van der Waals surface area contributed by atoms with E-state index in [4.69, 9.17) is 0 Å². The molecule has 1 nitrogen and oxygen atoms in total. The van der Waals surface area contributed by atoms with E-state index in [9.17, 15) is 0 Å². The van der Waals surface area contributed by atoms with Crippen molar-refractivity contribution in [2.24, 2.45) is 0 Å². The first-order chi connectivity index (χ1) is 15.4. The quantitative estimate of drug-likeness (QED) is 0.329. The second-order valence-electron chi connectivity index (χ2n) is 8.48. The molecule has 0 saturated carbocycles. The van der Waals surface area contributed by atoms with Crippen LogP contribution in [0.4, 0.5) is 0 Å². The van der Waals surface area contributed by atoms with Crippen LogP contribution in [-0.2, 0) is 5.54 Å². The summed E-state index contributed by atoms with van der Waals surface area (Å²) in [5.74, 6) is 0.637. The SMILES string of the molecule is c1ccc(C2CCN(C(c3ccccc3)(c3ccccc3)c3ccccc3)CC2)cc1. The van der Waals surface area contributed by atoms with Gasteiger partial charge in [0.1, 0.15) is 0 Å². The second kappa shape index (κ2) is 8.91. The van der Waals surface area contributed by atoms with Crippen LogP contribution in [0.1, 0.15) is 41.0 Å². The summed E-state index contributed by atoms with van der Waals surface area (Å²) in [7, 11) is 0. The van der Waals surface area contributed by atoms with E-state index in [-0.39, 0.29) is 5.54 Å². The zero-order valence-electron chi connectivity index (χ0n) is 17.9. The Bertz CT molecular complexity index is 970. The molecule has 0 bridgehead atoms. The van der Waals surface area contributed by atoms with E-state index >= 15 is 0 Å². The average molecular weight is 404 g/mol. The van der Waals surface area contributed by atoms with Gasteiger partial charge in [0.2, 0.25) is 0 Å². The smallest absolute Gasteiger partial charge is 0.0972 e. The Kier molecular flexibility index (Phi) is 5.69. The molecule has 5 rings (SSSR count). The molecule has 0 radical (unpaired) electrons. The Morgan fingerprint density at radius 1 is 0.484 bits per heavy atom. The van der Waals surface area contributed by atoms with Crippen LogP contribution in [0, 0.1) is 0 Å². The number of hydrogen-bond acceptors (Lipinski definition) is 1. The molecular formula is C30H29N. The summed E-state index contributed by atoms with van der Waals surface area (Å²) in [5.41, 5.74) is 5.21. The number of nitrogens with zero attached hydrogens (tertiary/aromatic N) is 1. The summed E-state index contributed by atoms with van der Waals surface area (Å²) in [4.78, 5) is 2.71. The third-order valence-electron chi connectivity index (χ3n) is 6.81. The molecule has 0 atom stereocenters. The van der Waals surface area contributed by atoms with Crippen LogP contribution >= 0.6 is 0 Å². The van der Waals surface area contributed by atoms with Crippen molar-refractivity contribution in [3.05, 3.63) is 144 Å². The maximum absolute atomic E-state index is 2.71. The van der Waals surface area contributed by atoms with Gasteiger partial charge < -0.3 is 0 Å². The minimum atomic E-state index is -0.286. The zero-order chi connectivity index (χ0) is 20.9. The van der Waals surface area contributed by atoms with Crippen LogP contribution in [0.3, 0.4) is 0 Å². The van der Waals surface area contributed by atoms with E-state index in [1.807, 2.05) is 0 Å². The van der Waals surface area contributed by atoms with Gasteiger partial charge in [-0.05, 0) is 41.0 Å². The van der Waals surface area contributed by atoms with Gasteiger partial charge in [-0.1, -0.05) is 121 Å². The highest BCUT2D eigenvalue weighted by molar-refractivity contribution is 5.49. The van der Waals surface area contributed by atoms with E-state index in [1.54, 1.807) is 0 Å². The minimum absolute atomic E-state index is 0.286. The minimum Gasteiger partial charge on any atom is -0.286 e. The Hall–Kier alpha value is -3.16. The molecule has 0 aliphatic carbocycles. The first-order valence-corrected chi connectivity index (χ1v) is 11.4. The van der Waals surface area contributed by atoms with Gasteiger partial charge in [0.15, 0.2) is 0 Å². The second-order valence-corrected chi connectivity index (χ2v) is 8.48. The molecule has 0 amide bonds. The van der Waals surface area contributed by atoms with Crippen molar-refractivity contribution in [1.82, 2.24) is 4.90 Å². The van der Waals surface area contributed by atoms with Gasteiger partial charge in [-0.3, -0.25) is 4.90 Å². The van der Waals surface area contributed by atoms with Crippen LogP contribution < -0.4 is 0 Å². The number of benzene rings is 4. The molecule has 1 aliphatic rings. The monoisotopic (exact) mass is 403 g/mol. The lowest BCUT2D eigenvalue weighted by molar-refractivity contribution is 0.118. The van der Waals surface area contributed by atoms with E-state index in [1.165, 1.54) is 35.1 Å². The average Bonchev–Trinajstić information content (AvgIpc) is 2.88. The fourth-order valence-electron chi connectivity index (χ4n) is 5.36. The highest BCUT2D eigenvalue weighted by Gasteiger charge is 2.43. The van der Waals surface area contributed by atoms with E-state index in [0.717, 1.165) is 13.1 Å². The molecule has 1 fully saturated rings. The standard InChI is InChI=1S/C30H29N/c1-5-13-25(14-6-1)26-21-23-31(24-22-26)30(27-15-7-2-8-16-27,28-17-9-3-10-18-28)29-19-11-4-12-20-29/h1-20,26H,21-24H2. The lowest BCUT2D eigenvalue weighted by atomic mass is 9.74. The van der Waals surface area contributed by atoms with Crippen molar-refractivity contribution < 1.29 is 0 Å². The largest absolute Gasteiger partial charge is 0.286 e. The van der Waals surface area contributed by atoms with E-state index < -0.39 is 0 Å². The van der Waals surface area contributed by atoms with Crippen LogP contribution in [0.2, 0.25) is 0 Å². The summed E-state index contributed by atoms with van der Waals surface area (Å²) >= 11 is 0. The molecule has 31 heavy (non-hydrogen) atoms. The highest BCUT2D eigenvalue weighted by Crippen LogP contribution is 2.45. The fraction of sp³-hybridized carbons (Fsp3) is 0.200. The Morgan fingerprint density at radius 2 is 0.839 bits per heavy atom. The van der Waals surface area contributed by atoms with Gasteiger partial charge in [0.05, 0.1) is 5.54 Å². The van der Waals surface area contributed by atoms with E-state index in [0.29, 0.717) is 5.92 Å². The highest BCUT2D eigenvalue weighted by atomic mass is 15.2. The fourth-order valence-corrected chi connectivity index (χ4v) is 5.36. The summed E-state index contributed by atoms with van der Waals surface area (Å²) in [5, 5.41) is 0. The third kappa shape index (κ3) is 3.71. The molecule has 0 aromatic heterocycles. The van der Waals surface area contributed by atoms with Crippen LogP contribution in [-0.4, -0.2) is 18.0 Å². The molecule has 0 spiro atoms. The van der Waals surface area contributed by atoms with Gasteiger partial charge in [-0.25, -0.2) is 0 Å². The Balaban J connectivity index is 1.61. The Labute approximate surface area is 186 Å². The van der Waals surface area contributed by atoms with Gasteiger partial charge in [-0.2, -0.15) is 0 Å². The summed E-state index contributed by atoms with van der Waals surface area (Å²) < 4.78 is 0. The first-order valence-electron chi connectivity index (χ1n) is 11.4. The van der Waals surface area contributed by atoms with Crippen molar-refractivity contribution in [2.75, 3.05) is 13.1 Å². The molecule has 154 valence electrons. The van der Waals surface area contributed by atoms with Gasteiger partial charge >= 0.3 is 0 Å². The lowest BCUT2D eigenvalue weighted by Gasteiger charge is -2.48. The van der Waals surface area contributed by atoms with Gasteiger partial charge in [0, 0.05) is 13.1 Å². The lowest BCUT2D eigenvalue weighted by Crippen LogP contribution is -2.51. The molecule has 1 aliphatic heterocycles. The number of hydrogen-bond donors (Lipinski definition) is 0. The first kappa shape index (κ1) is 19.8. The predicted octanol–water partition coefficient (Wildman–Crippen LogP) is 6.86. The molecule has 0 N–H and O–H groups in total. The maximum atomic E-state index is 2.71. The van der Waals surface area contributed by atoms with Crippen LogP contribution in [0.5, 0.6) is 0 Å². The van der Waals surface area contributed by atoms with Crippen molar-refractivity contribution >= 4 is 0 Å². The molecule has 1 saturated heterocycles. The molecule has 0 unspecified atom stereocenters. The summed E-state index contributed by atoms with van der Waals surface area (Å²) in [6.45, 7) is 2.14. The normalized spacial score (nSPS) is 15.6. The molecular weight excluding hydrogens is 374 g/mol. The summed E-state index contributed by atoms with van der Waals surface area (Å²) in [6.07, 6.45) is 2.36. The predicted molar refractivity (Wildman–Crippen MR) is 129 cm³/mol. The van der Waals surface area contributed by atoms with Crippen molar-refractivity contribution in [1.29, 1.82) is 0 Å². The van der Waals surface area contributed by atoms with Crippen LogP contribution in [0.25, 0.3) is 0 Å². The molecule has 4 aromatic carbocycles. The van der Waals surface area contributed by atoms with Crippen molar-refractivity contribution in [2.45, 2.75) is 24.3 Å². The molecule has 4 aromatic rings. The zero-order valence-corrected chi connectivity index (χ0v) is 17.9. The summed E-state index contributed by atoms with van der Waals surface area (Å²) in [6, 6.07) is 44.2. The molecule has 1 heterocycles. The third-order valence-corrected chi connectivity index (χ3v) is 6.81.